The summed E-state index contributed by atoms with van der Waals surface area (Å²) in [7, 11) is 0. The average Bonchev–Trinajstić information content (AvgIpc) is 2.68. The van der Waals surface area contributed by atoms with Crippen LogP contribution in [0.5, 0.6) is 0 Å². The SMILES string of the molecule is Cl.O=C(NC1CC2CCC(C1)N2)C1CCCCCCC1. The molecule has 2 N–H and O–H groups in total. The number of amides is 1. The molecular weight excluding hydrogens is 272 g/mol. The fraction of sp³-hybridized carbons (Fsp3) is 0.938. The molecule has 2 unspecified atom stereocenters. The molecule has 0 aromatic carbocycles. The van der Waals surface area contributed by atoms with Gasteiger partial charge in [-0.15, -0.1) is 12.4 Å². The van der Waals surface area contributed by atoms with E-state index in [-0.39, 0.29) is 12.4 Å². The van der Waals surface area contributed by atoms with Crippen LogP contribution >= 0.6 is 12.4 Å². The summed E-state index contributed by atoms with van der Waals surface area (Å²) >= 11 is 0. The van der Waals surface area contributed by atoms with E-state index in [1.807, 2.05) is 0 Å². The van der Waals surface area contributed by atoms with E-state index in [9.17, 15) is 4.79 Å². The van der Waals surface area contributed by atoms with Gasteiger partial charge >= 0.3 is 0 Å². The Morgan fingerprint density at radius 2 is 1.40 bits per heavy atom. The van der Waals surface area contributed by atoms with Gasteiger partial charge in [0.1, 0.15) is 0 Å². The molecule has 1 amide bonds. The van der Waals surface area contributed by atoms with E-state index in [2.05, 4.69) is 10.6 Å². The van der Waals surface area contributed by atoms with Gasteiger partial charge in [0, 0.05) is 24.0 Å². The molecular formula is C16H29ClN2O. The van der Waals surface area contributed by atoms with Crippen LogP contribution < -0.4 is 10.6 Å². The molecule has 2 bridgehead atoms. The van der Waals surface area contributed by atoms with Crippen molar-refractivity contribution in [1.82, 2.24) is 10.6 Å². The van der Waals surface area contributed by atoms with E-state index in [1.54, 1.807) is 0 Å². The molecule has 4 heteroatoms. The number of rotatable bonds is 2. The Labute approximate surface area is 129 Å². The van der Waals surface area contributed by atoms with E-state index in [0.29, 0.717) is 30.0 Å². The Kier molecular flexibility index (Phi) is 6.16. The van der Waals surface area contributed by atoms with Crippen LogP contribution in [0.25, 0.3) is 0 Å². The van der Waals surface area contributed by atoms with Crippen molar-refractivity contribution in [3.05, 3.63) is 0 Å². The minimum Gasteiger partial charge on any atom is -0.353 e. The summed E-state index contributed by atoms with van der Waals surface area (Å²) in [6.07, 6.45) is 13.6. The van der Waals surface area contributed by atoms with Crippen LogP contribution in [0.15, 0.2) is 0 Å². The third-order valence-electron chi connectivity index (χ3n) is 5.30. The monoisotopic (exact) mass is 300 g/mol. The van der Waals surface area contributed by atoms with E-state index in [0.717, 1.165) is 25.7 Å². The van der Waals surface area contributed by atoms with Gasteiger partial charge < -0.3 is 10.6 Å². The minimum atomic E-state index is 0. The van der Waals surface area contributed by atoms with Crippen molar-refractivity contribution in [2.24, 2.45) is 5.92 Å². The van der Waals surface area contributed by atoms with Crippen LogP contribution in [-0.4, -0.2) is 24.0 Å². The highest BCUT2D eigenvalue weighted by molar-refractivity contribution is 5.85. The van der Waals surface area contributed by atoms with Gasteiger partial charge in [-0.05, 0) is 38.5 Å². The molecule has 0 spiro atoms. The standard InChI is InChI=1S/C16H28N2O.ClH/c19-16(12-6-4-2-1-3-5-7-12)18-15-10-13-8-9-14(11-15)17-13;/h12-15,17H,1-11H2,(H,18,19);1H. The Morgan fingerprint density at radius 1 is 0.850 bits per heavy atom. The molecule has 116 valence electrons. The van der Waals surface area contributed by atoms with E-state index < -0.39 is 0 Å². The smallest absolute Gasteiger partial charge is 0.223 e. The maximum atomic E-state index is 12.4. The summed E-state index contributed by atoms with van der Waals surface area (Å²) in [4.78, 5) is 12.4. The van der Waals surface area contributed by atoms with Crippen LogP contribution in [0.4, 0.5) is 0 Å². The summed E-state index contributed by atoms with van der Waals surface area (Å²) < 4.78 is 0. The Hall–Kier alpha value is -0.280. The molecule has 3 rings (SSSR count). The van der Waals surface area contributed by atoms with Gasteiger partial charge in [0.2, 0.25) is 5.91 Å². The second-order valence-electron chi connectivity index (χ2n) is 6.86. The number of carbonyl (C=O) groups is 1. The number of hydrogen-bond acceptors (Lipinski definition) is 2. The van der Waals surface area contributed by atoms with Gasteiger partial charge in [-0.25, -0.2) is 0 Å². The van der Waals surface area contributed by atoms with Gasteiger partial charge in [0.15, 0.2) is 0 Å². The van der Waals surface area contributed by atoms with Crippen molar-refractivity contribution in [2.75, 3.05) is 0 Å². The lowest BCUT2D eigenvalue weighted by Gasteiger charge is -2.31. The molecule has 0 radical (unpaired) electrons. The third kappa shape index (κ3) is 4.11. The van der Waals surface area contributed by atoms with E-state index in [4.69, 9.17) is 0 Å². The van der Waals surface area contributed by atoms with Gasteiger partial charge in [0.25, 0.3) is 0 Å². The first-order valence-corrected chi connectivity index (χ1v) is 8.37. The zero-order chi connectivity index (χ0) is 13.1. The van der Waals surface area contributed by atoms with Gasteiger partial charge in [-0.1, -0.05) is 32.1 Å². The molecule has 0 aromatic heterocycles. The Bertz CT molecular complexity index is 304. The quantitative estimate of drug-likeness (QED) is 0.822. The summed E-state index contributed by atoms with van der Waals surface area (Å²) in [5.41, 5.74) is 0. The fourth-order valence-corrected chi connectivity index (χ4v) is 4.21. The lowest BCUT2D eigenvalue weighted by molar-refractivity contribution is -0.126. The van der Waals surface area contributed by atoms with Crippen molar-refractivity contribution in [3.8, 4) is 0 Å². The molecule has 2 aliphatic heterocycles. The number of halogens is 1. The first-order chi connectivity index (χ1) is 9.31. The lowest BCUT2D eigenvalue weighted by atomic mass is 9.90. The number of hydrogen-bond donors (Lipinski definition) is 2. The number of carbonyl (C=O) groups excluding carboxylic acids is 1. The molecule has 0 aromatic rings. The number of piperidine rings is 1. The van der Waals surface area contributed by atoms with Crippen molar-refractivity contribution >= 4 is 18.3 Å². The van der Waals surface area contributed by atoms with Crippen LogP contribution in [-0.2, 0) is 4.79 Å². The lowest BCUT2D eigenvalue weighted by Crippen LogP contribution is -2.49. The second kappa shape index (κ2) is 7.65. The summed E-state index contributed by atoms with van der Waals surface area (Å²) in [6.45, 7) is 0. The van der Waals surface area contributed by atoms with Gasteiger partial charge in [0.05, 0.1) is 0 Å². The first kappa shape index (κ1) is 16.1. The zero-order valence-corrected chi connectivity index (χ0v) is 13.2. The molecule has 1 aliphatic carbocycles. The number of fused-ring (bicyclic) bond motifs is 2. The van der Waals surface area contributed by atoms with Crippen molar-refractivity contribution in [3.63, 3.8) is 0 Å². The van der Waals surface area contributed by atoms with Gasteiger partial charge in [-0.3, -0.25) is 4.79 Å². The van der Waals surface area contributed by atoms with Crippen LogP contribution in [0.2, 0.25) is 0 Å². The van der Waals surface area contributed by atoms with E-state index >= 15 is 0 Å². The zero-order valence-electron chi connectivity index (χ0n) is 12.4. The number of nitrogens with one attached hydrogen (secondary N) is 2. The largest absolute Gasteiger partial charge is 0.353 e. The topological polar surface area (TPSA) is 41.1 Å². The van der Waals surface area contributed by atoms with Crippen LogP contribution in [0.3, 0.4) is 0 Å². The fourth-order valence-electron chi connectivity index (χ4n) is 4.21. The van der Waals surface area contributed by atoms with Crippen molar-refractivity contribution in [2.45, 2.75) is 88.8 Å². The molecule has 3 nitrogen and oxygen atoms in total. The highest BCUT2D eigenvalue weighted by atomic mass is 35.5. The molecule has 2 heterocycles. The molecule has 2 atom stereocenters. The van der Waals surface area contributed by atoms with E-state index in [1.165, 1.54) is 44.9 Å². The van der Waals surface area contributed by atoms with Crippen LogP contribution in [0, 0.1) is 5.92 Å². The average molecular weight is 301 g/mol. The highest BCUT2D eigenvalue weighted by Gasteiger charge is 2.34. The maximum Gasteiger partial charge on any atom is 0.223 e. The summed E-state index contributed by atoms with van der Waals surface area (Å²) in [5, 5.41) is 7.00. The maximum absolute atomic E-state index is 12.4. The molecule has 3 fully saturated rings. The highest BCUT2D eigenvalue weighted by Crippen LogP contribution is 2.28. The molecule has 1 saturated carbocycles. The molecule has 20 heavy (non-hydrogen) atoms. The Morgan fingerprint density at radius 3 is 2.00 bits per heavy atom. The Balaban J connectivity index is 0.00000147. The summed E-state index contributed by atoms with van der Waals surface area (Å²) in [5.74, 6) is 0.654. The predicted octanol–water partition coefficient (Wildman–Crippen LogP) is 3.17. The van der Waals surface area contributed by atoms with Crippen LogP contribution in [0.1, 0.15) is 70.6 Å². The molecule has 3 aliphatic rings. The van der Waals surface area contributed by atoms with Gasteiger partial charge in [-0.2, -0.15) is 0 Å². The normalized spacial score (nSPS) is 34.7. The predicted molar refractivity (Wildman–Crippen MR) is 84.2 cm³/mol. The van der Waals surface area contributed by atoms with Crippen molar-refractivity contribution < 1.29 is 4.79 Å². The van der Waals surface area contributed by atoms with Crippen molar-refractivity contribution in [1.29, 1.82) is 0 Å². The second-order valence-corrected chi connectivity index (χ2v) is 6.86. The molecule has 2 saturated heterocycles. The summed E-state index contributed by atoms with van der Waals surface area (Å²) in [6, 6.07) is 1.78. The first-order valence-electron chi connectivity index (χ1n) is 8.37. The minimum absolute atomic E-state index is 0. The third-order valence-corrected chi connectivity index (χ3v) is 5.30.